The molecule has 10 heteroatoms. The van der Waals surface area contributed by atoms with Gasteiger partial charge in [0.2, 0.25) is 5.82 Å². The molecule has 3 aromatic rings. The molecule has 0 saturated heterocycles. The van der Waals surface area contributed by atoms with Gasteiger partial charge in [-0.15, -0.1) is 0 Å². The highest BCUT2D eigenvalue weighted by atomic mass is 35.5. The van der Waals surface area contributed by atoms with E-state index in [0.29, 0.717) is 47.0 Å². The second kappa shape index (κ2) is 8.75. The highest BCUT2D eigenvalue weighted by Gasteiger charge is 2.15. The van der Waals surface area contributed by atoms with E-state index in [4.69, 9.17) is 17.3 Å². The van der Waals surface area contributed by atoms with Gasteiger partial charge in [0.15, 0.2) is 0 Å². The van der Waals surface area contributed by atoms with Crippen molar-refractivity contribution in [3.8, 4) is 16.9 Å². The Morgan fingerprint density at radius 1 is 1.30 bits per heavy atom. The molecule has 0 bridgehead atoms. The second-order valence-corrected chi connectivity index (χ2v) is 7.01. The van der Waals surface area contributed by atoms with E-state index in [2.05, 4.69) is 16.9 Å². The average molecular weight is 430 g/mol. The van der Waals surface area contributed by atoms with E-state index >= 15 is 0 Å². The third kappa shape index (κ3) is 4.64. The molecule has 0 aliphatic heterocycles. The van der Waals surface area contributed by atoms with Crippen LogP contribution in [0.2, 0.25) is 5.02 Å². The van der Waals surface area contributed by atoms with Crippen molar-refractivity contribution in [2.24, 2.45) is 0 Å². The molecule has 0 spiro atoms. The molecule has 156 valence electrons. The van der Waals surface area contributed by atoms with Crippen molar-refractivity contribution in [2.45, 2.75) is 13.0 Å². The van der Waals surface area contributed by atoms with E-state index in [-0.39, 0.29) is 23.0 Å². The van der Waals surface area contributed by atoms with Crippen molar-refractivity contribution in [1.82, 2.24) is 9.55 Å². The number of nitrogens with two attached hydrogens (primary N) is 1. The van der Waals surface area contributed by atoms with Crippen molar-refractivity contribution in [3.63, 3.8) is 0 Å². The predicted molar refractivity (Wildman–Crippen MR) is 117 cm³/mol. The number of rotatable bonds is 8. The number of phenolic OH excluding ortho intramolecular Hbond substituents is 1. The number of aromatic nitrogens is 2. The SMILES string of the molecule is C=C(O)c1cn(CCCNc2ccc([N+](=O)[O-])c(N)n2)cc1-c1ccc(Cl)cc1O. The fraction of sp³-hybridized carbons (Fsp3) is 0.150. The van der Waals surface area contributed by atoms with Gasteiger partial charge < -0.3 is 25.8 Å². The van der Waals surface area contributed by atoms with E-state index in [1.165, 1.54) is 18.2 Å². The maximum atomic E-state index is 10.8. The van der Waals surface area contributed by atoms with Gasteiger partial charge in [0.1, 0.15) is 17.3 Å². The van der Waals surface area contributed by atoms with Crippen molar-refractivity contribution in [3.05, 3.63) is 70.0 Å². The largest absolute Gasteiger partial charge is 0.508 e. The number of aliphatic hydroxyl groups is 1. The zero-order valence-electron chi connectivity index (χ0n) is 15.9. The first-order chi connectivity index (χ1) is 14.3. The monoisotopic (exact) mass is 429 g/mol. The van der Waals surface area contributed by atoms with Crippen molar-refractivity contribution in [2.75, 3.05) is 17.6 Å². The lowest BCUT2D eigenvalue weighted by Gasteiger charge is -2.07. The predicted octanol–water partition coefficient (Wildman–Crippen LogP) is 4.43. The lowest BCUT2D eigenvalue weighted by molar-refractivity contribution is -0.384. The molecule has 0 radical (unpaired) electrons. The topological polar surface area (TPSA) is 139 Å². The number of aliphatic hydroxyl groups excluding tert-OH is 1. The Morgan fingerprint density at radius 3 is 2.70 bits per heavy atom. The van der Waals surface area contributed by atoms with Crippen LogP contribution in [0.3, 0.4) is 0 Å². The van der Waals surface area contributed by atoms with Gasteiger partial charge in [-0.3, -0.25) is 10.1 Å². The number of nitro groups is 1. The van der Waals surface area contributed by atoms with Gasteiger partial charge in [-0.05, 0) is 30.7 Å². The Morgan fingerprint density at radius 2 is 2.07 bits per heavy atom. The number of aryl methyl sites for hydroxylation is 1. The maximum absolute atomic E-state index is 10.8. The first-order valence-electron chi connectivity index (χ1n) is 8.98. The number of hydrogen-bond acceptors (Lipinski definition) is 7. The third-order valence-corrected chi connectivity index (χ3v) is 4.67. The van der Waals surface area contributed by atoms with Crippen LogP contribution in [0.4, 0.5) is 17.3 Å². The molecule has 0 saturated carbocycles. The lowest BCUT2D eigenvalue weighted by Crippen LogP contribution is -2.08. The summed E-state index contributed by atoms with van der Waals surface area (Å²) < 4.78 is 1.87. The van der Waals surface area contributed by atoms with Crippen LogP contribution >= 0.6 is 11.6 Å². The number of halogens is 1. The average Bonchev–Trinajstić information content (AvgIpc) is 3.09. The minimum absolute atomic E-state index is 0.00579. The maximum Gasteiger partial charge on any atom is 0.311 e. The van der Waals surface area contributed by atoms with Crippen LogP contribution in [0.1, 0.15) is 12.0 Å². The Kier molecular flexibility index (Phi) is 6.12. The zero-order chi connectivity index (χ0) is 21.8. The van der Waals surface area contributed by atoms with Gasteiger partial charge in [-0.2, -0.15) is 0 Å². The summed E-state index contributed by atoms with van der Waals surface area (Å²) in [7, 11) is 0. The number of nitrogen functional groups attached to an aromatic ring is 1. The first-order valence-corrected chi connectivity index (χ1v) is 9.35. The summed E-state index contributed by atoms with van der Waals surface area (Å²) >= 11 is 5.90. The van der Waals surface area contributed by atoms with Gasteiger partial charge in [-0.1, -0.05) is 18.2 Å². The number of nitrogens with zero attached hydrogens (tertiary/aromatic N) is 3. The van der Waals surface area contributed by atoms with E-state index < -0.39 is 4.92 Å². The fourth-order valence-corrected chi connectivity index (χ4v) is 3.18. The molecule has 2 heterocycles. The van der Waals surface area contributed by atoms with Crippen LogP contribution in [0, 0.1) is 10.1 Å². The quantitative estimate of drug-likeness (QED) is 0.180. The molecule has 2 aromatic heterocycles. The van der Waals surface area contributed by atoms with Gasteiger partial charge in [0.05, 0.1) is 4.92 Å². The summed E-state index contributed by atoms with van der Waals surface area (Å²) in [5.74, 6) is 0.198. The van der Waals surface area contributed by atoms with Crippen LogP contribution in [0.5, 0.6) is 5.75 Å². The fourth-order valence-electron chi connectivity index (χ4n) is 3.01. The molecule has 9 nitrogen and oxygen atoms in total. The molecule has 0 fully saturated rings. The molecule has 5 N–H and O–H groups in total. The second-order valence-electron chi connectivity index (χ2n) is 6.57. The number of phenols is 1. The molecule has 0 aliphatic carbocycles. The molecule has 3 rings (SSSR count). The van der Waals surface area contributed by atoms with E-state index in [0.717, 1.165) is 0 Å². The molecule has 0 unspecified atom stereocenters. The summed E-state index contributed by atoms with van der Waals surface area (Å²) in [4.78, 5) is 14.2. The number of anilines is 2. The third-order valence-electron chi connectivity index (χ3n) is 4.44. The number of aromatic hydroxyl groups is 1. The lowest BCUT2D eigenvalue weighted by atomic mass is 10.0. The van der Waals surface area contributed by atoms with E-state index in [9.17, 15) is 20.3 Å². The van der Waals surface area contributed by atoms with Crippen LogP contribution in [-0.2, 0) is 6.54 Å². The molecular weight excluding hydrogens is 410 g/mol. The highest BCUT2D eigenvalue weighted by molar-refractivity contribution is 6.30. The van der Waals surface area contributed by atoms with Crippen molar-refractivity contribution < 1.29 is 15.1 Å². The summed E-state index contributed by atoms with van der Waals surface area (Å²) in [6.45, 7) is 4.73. The number of pyridine rings is 1. The molecule has 0 atom stereocenters. The molecular formula is C20H20ClN5O4. The van der Waals surface area contributed by atoms with Crippen LogP contribution in [-0.4, -0.2) is 31.2 Å². The number of nitrogens with one attached hydrogen (secondary N) is 1. The Bertz CT molecular complexity index is 1110. The number of hydrogen-bond donors (Lipinski definition) is 4. The summed E-state index contributed by atoms with van der Waals surface area (Å²) in [6, 6.07) is 7.58. The summed E-state index contributed by atoms with van der Waals surface area (Å²) in [5.41, 5.74) is 7.02. The van der Waals surface area contributed by atoms with Crippen molar-refractivity contribution in [1.29, 1.82) is 0 Å². The molecule has 0 aliphatic rings. The van der Waals surface area contributed by atoms with Crippen LogP contribution in [0.25, 0.3) is 16.9 Å². The molecule has 1 aromatic carbocycles. The highest BCUT2D eigenvalue weighted by Crippen LogP contribution is 2.36. The molecule has 30 heavy (non-hydrogen) atoms. The Hall–Kier alpha value is -3.72. The smallest absolute Gasteiger partial charge is 0.311 e. The standard InChI is InChI=1S/C20H20ClN5O4/c1-12(27)15-10-25(11-16(15)14-4-3-13(21)9-18(14)28)8-2-7-23-19-6-5-17(26(29)30)20(22)24-19/h3-6,9-11,27-28H,1-2,7-8H2,(H3,22,23,24). The van der Waals surface area contributed by atoms with E-state index in [1.54, 1.807) is 18.3 Å². The normalized spacial score (nSPS) is 10.7. The minimum Gasteiger partial charge on any atom is -0.508 e. The van der Waals surface area contributed by atoms with Gasteiger partial charge in [0.25, 0.3) is 0 Å². The minimum atomic E-state index is -0.583. The Labute approximate surface area is 177 Å². The van der Waals surface area contributed by atoms with Gasteiger partial charge in [-0.25, -0.2) is 4.98 Å². The zero-order valence-corrected chi connectivity index (χ0v) is 16.6. The van der Waals surface area contributed by atoms with Crippen LogP contribution in [0.15, 0.2) is 49.3 Å². The van der Waals surface area contributed by atoms with E-state index in [1.807, 2.05) is 10.8 Å². The Balaban J connectivity index is 1.67. The van der Waals surface area contributed by atoms with Crippen LogP contribution < -0.4 is 11.1 Å². The van der Waals surface area contributed by atoms with Gasteiger partial charge >= 0.3 is 5.69 Å². The number of benzene rings is 1. The van der Waals surface area contributed by atoms with Crippen molar-refractivity contribution >= 4 is 34.7 Å². The molecule has 0 amide bonds. The summed E-state index contributed by atoms with van der Waals surface area (Å²) in [6.07, 6.45) is 4.24. The summed E-state index contributed by atoms with van der Waals surface area (Å²) in [5, 5.41) is 34.4. The first kappa shape index (κ1) is 21.0. The van der Waals surface area contributed by atoms with Gasteiger partial charge in [0, 0.05) is 53.3 Å².